The van der Waals surface area contributed by atoms with Crippen molar-refractivity contribution < 1.29 is 17.5 Å². The molecule has 0 spiro atoms. The fourth-order valence-electron chi connectivity index (χ4n) is 2.13. The van der Waals surface area contributed by atoms with Crippen LogP contribution in [0.1, 0.15) is 41.0 Å². The summed E-state index contributed by atoms with van der Waals surface area (Å²) >= 11 is 0. The number of nitrogens with one attached hydrogen (secondary N) is 2. The van der Waals surface area contributed by atoms with Crippen LogP contribution in [0.25, 0.3) is 0 Å². The van der Waals surface area contributed by atoms with Crippen LogP contribution in [0.15, 0.2) is 29.3 Å². The topological polar surface area (TPSA) is 79.8 Å². The van der Waals surface area contributed by atoms with Gasteiger partial charge in [-0.25, -0.2) is 17.8 Å². The zero-order valence-electron chi connectivity index (χ0n) is 17.3. The van der Waals surface area contributed by atoms with Crippen LogP contribution in [0.5, 0.6) is 5.75 Å². The molecule has 1 aromatic rings. The van der Waals surface area contributed by atoms with Gasteiger partial charge < -0.3 is 15.4 Å². The van der Waals surface area contributed by atoms with Crippen molar-refractivity contribution >= 4 is 39.8 Å². The Morgan fingerprint density at radius 3 is 2.46 bits per heavy atom. The van der Waals surface area contributed by atoms with Crippen LogP contribution in [0.3, 0.4) is 0 Å². The van der Waals surface area contributed by atoms with E-state index in [1.807, 2.05) is 13.8 Å². The minimum absolute atomic E-state index is 0. The molecule has 0 saturated carbocycles. The molecule has 28 heavy (non-hydrogen) atoms. The predicted octanol–water partition coefficient (Wildman–Crippen LogP) is 3.37. The number of ether oxygens (including phenoxy) is 1. The maximum atomic E-state index is 13.3. The Morgan fingerprint density at radius 2 is 1.93 bits per heavy atom. The molecule has 9 heteroatoms. The van der Waals surface area contributed by atoms with Crippen LogP contribution in [0.2, 0.25) is 0 Å². The van der Waals surface area contributed by atoms with E-state index in [1.165, 1.54) is 12.1 Å². The van der Waals surface area contributed by atoms with Crippen molar-refractivity contribution in [1.29, 1.82) is 0 Å². The van der Waals surface area contributed by atoms with E-state index in [0.717, 1.165) is 0 Å². The van der Waals surface area contributed by atoms with Gasteiger partial charge in [-0.15, -0.1) is 24.0 Å². The van der Waals surface area contributed by atoms with Gasteiger partial charge in [-0.3, -0.25) is 0 Å². The third-order valence-corrected chi connectivity index (χ3v) is 6.56. The van der Waals surface area contributed by atoms with Gasteiger partial charge in [0.2, 0.25) is 0 Å². The Hall–Kier alpha value is -1.10. The molecule has 6 nitrogen and oxygen atoms in total. The largest absolute Gasteiger partial charge is 0.488 e. The molecule has 0 amide bonds. The smallest absolute Gasteiger partial charge is 0.191 e. The van der Waals surface area contributed by atoms with Gasteiger partial charge in [0.15, 0.2) is 15.8 Å². The Morgan fingerprint density at radius 1 is 1.25 bits per heavy atom. The van der Waals surface area contributed by atoms with Gasteiger partial charge in [0, 0.05) is 19.2 Å². The molecule has 2 N–H and O–H groups in total. The average molecular weight is 529 g/mol. The molecule has 0 heterocycles. The highest BCUT2D eigenvalue weighted by molar-refractivity contribution is 14.0. The van der Waals surface area contributed by atoms with Crippen LogP contribution in [-0.2, 0) is 9.84 Å². The summed E-state index contributed by atoms with van der Waals surface area (Å²) in [6, 6.07) is 6.01. The lowest BCUT2D eigenvalue weighted by molar-refractivity contribution is 0.205. The highest BCUT2D eigenvalue weighted by atomic mass is 127. The second-order valence-corrected chi connectivity index (χ2v) is 10.0. The SMILES string of the molecule is CCNC(=NCC(CC)Oc1cccc(F)c1)NCCS(=O)(=O)C(C)(C)C.I. The first-order valence-corrected chi connectivity index (χ1v) is 10.9. The molecule has 1 atom stereocenters. The van der Waals surface area contributed by atoms with Crippen LogP contribution < -0.4 is 15.4 Å². The zero-order chi connectivity index (χ0) is 20.5. The van der Waals surface area contributed by atoms with Crippen molar-refractivity contribution in [3.63, 3.8) is 0 Å². The average Bonchev–Trinajstić information content (AvgIpc) is 2.57. The molecule has 0 radical (unpaired) electrons. The van der Waals surface area contributed by atoms with Gasteiger partial charge in [-0.2, -0.15) is 0 Å². The molecule has 1 aromatic carbocycles. The van der Waals surface area contributed by atoms with Crippen molar-refractivity contribution in [2.75, 3.05) is 25.4 Å². The molecule has 162 valence electrons. The molecule has 1 rings (SSSR count). The summed E-state index contributed by atoms with van der Waals surface area (Å²) in [7, 11) is -3.19. The van der Waals surface area contributed by atoms with E-state index < -0.39 is 14.6 Å². The number of sulfone groups is 1. The van der Waals surface area contributed by atoms with Crippen molar-refractivity contribution in [1.82, 2.24) is 10.6 Å². The lowest BCUT2D eigenvalue weighted by Crippen LogP contribution is -2.42. The van der Waals surface area contributed by atoms with Gasteiger partial charge in [0.1, 0.15) is 17.7 Å². The van der Waals surface area contributed by atoms with Crippen LogP contribution in [-0.4, -0.2) is 50.6 Å². The van der Waals surface area contributed by atoms with Crippen LogP contribution >= 0.6 is 24.0 Å². The zero-order valence-corrected chi connectivity index (χ0v) is 20.4. The van der Waals surface area contributed by atoms with Crippen LogP contribution in [0, 0.1) is 5.82 Å². The standard InChI is InChI=1S/C19H32FN3O3S.HI/c1-6-16(26-17-10-8-9-15(20)13-17)14-23-18(21-7-2)22-11-12-27(24,25)19(3,4)5;/h8-10,13,16H,6-7,11-12,14H2,1-5H3,(H2,21,22,23);1H. The van der Waals surface area contributed by atoms with E-state index in [-0.39, 0.29) is 48.2 Å². The first-order chi connectivity index (χ1) is 12.6. The molecule has 0 aliphatic heterocycles. The Labute approximate surface area is 185 Å². The third-order valence-electron chi connectivity index (χ3n) is 3.95. The summed E-state index contributed by atoms with van der Waals surface area (Å²) in [4.78, 5) is 4.47. The fourth-order valence-corrected chi connectivity index (χ4v) is 3.11. The maximum absolute atomic E-state index is 13.3. The quantitative estimate of drug-likeness (QED) is 0.292. The first-order valence-electron chi connectivity index (χ1n) is 9.25. The molecule has 0 fully saturated rings. The molecule has 0 aliphatic carbocycles. The lowest BCUT2D eigenvalue weighted by atomic mass is 10.2. The highest BCUT2D eigenvalue weighted by Crippen LogP contribution is 2.16. The van der Waals surface area contributed by atoms with E-state index in [2.05, 4.69) is 15.6 Å². The first kappa shape index (κ1) is 26.9. The third kappa shape index (κ3) is 9.40. The van der Waals surface area contributed by atoms with E-state index in [1.54, 1.807) is 32.9 Å². The van der Waals surface area contributed by atoms with Gasteiger partial charge in [-0.05, 0) is 46.2 Å². The summed E-state index contributed by atoms with van der Waals surface area (Å²) < 4.78 is 42.6. The normalized spacial score (nSPS) is 13.4. The molecule has 0 aromatic heterocycles. The Balaban J connectivity index is 0.00000729. The van der Waals surface area contributed by atoms with Crippen LogP contribution in [0.4, 0.5) is 4.39 Å². The Kier molecular flexibility index (Phi) is 12.0. The molecule has 0 aliphatic rings. The van der Waals surface area contributed by atoms with Gasteiger partial charge in [-0.1, -0.05) is 13.0 Å². The number of hydrogen-bond donors (Lipinski definition) is 2. The number of guanidine groups is 1. The number of halogens is 2. The monoisotopic (exact) mass is 529 g/mol. The summed E-state index contributed by atoms with van der Waals surface area (Å²) in [5.74, 6) is 0.674. The van der Waals surface area contributed by atoms with E-state index in [4.69, 9.17) is 4.74 Å². The highest BCUT2D eigenvalue weighted by Gasteiger charge is 2.28. The summed E-state index contributed by atoms with van der Waals surface area (Å²) in [5.41, 5.74) is 0. The van der Waals surface area contributed by atoms with E-state index in [9.17, 15) is 12.8 Å². The number of benzene rings is 1. The van der Waals surface area contributed by atoms with E-state index >= 15 is 0 Å². The summed E-state index contributed by atoms with van der Waals surface area (Å²) in [6.07, 6.45) is 0.498. The lowest BCUT2D eigenvalue weighted by Gasteiger charge is -2.20. The number of hydrogen-bond acceptors (Lipinski definition) is 4. The molecule has 0 saturated heterocycles. The van der Waals surface area contributed by atoms with Crippen molar-refractivity contribution in [3.05, 3.63) is 30.1 Å². The van der Waals surface area contributed by atoms with Gasteiger partial charge >= 0.3 is 0 Å². The number of nitrogens with zero attached hydrogens (tertiary/aromatic N) is 1. The fraction of sp³-hybridized carbons (Fsp3) is 0.632. The number of rotatable bonds is 9. The minimum atomic E-state index is -3.19. The minimum Gasteiger partial charge on any atom is -0.488 e. The summed E-state index contributed by atoms with van der Waals surface area (Å²) in [5, 5.41) is 6.13. The van der Waals surface area contributed by atoms with E-state index in [0.29, 0.717) is 31.2 Å². The molecule has 1 unspecified atom stereocenters. The van der Waals surface area contributed by atoms with Crippen molar-refractivity contribution in [2.24, 2.45) is 4.99 Å². The molecule has 0 bridgehead atoms. The number of aliphatic imine (C=N–C) groups is 1. The van der Waals surface area contributed by atoms with Crippen molar-refractivity contribution in [2.45, 2.75) is 51.9 Å². The van der Waals surface area contributed by atoms with Gasteiger partial charge in [0.05, 0.1) is 17.0 Å². The maximum Gasteiger partial charge on any atom is 0.191 e. The van der Waals surface area contributed by atoms with Crippen molar-refractivity contribution in [3.8, 4) is 5.75 Å². The van der Waals surface area contributed by atoms with Gasteiger partial charge in [0.25, 0.3) is 0 Å². The predicted molar refractivity (Wildman–Crippen MR) is 124 cm³/mol. The Bertz CT molecular complexity index is 721. The molecular weight excluding hydrogens is 496 g/mol. The molecular formula is C19H33FIN3O3S. The second kappa shape index (κ2) is 12.5. The second-order valence-electron chi connectivity index (χ2n) is 7.18. The summed E-state index contributed by atoms with van der Waals surface area (Å²) in [6.45, 7) is 10.3.